The minimum Gasteiger partial charge on any atom is -0.376 e. The molecule has 1 saturated heterocycles. The number of nitrogens with two attached hydrogens (primary N) is 1. The number of carbonyl (C=O) groups excluding carboxylic acids is 3. The Kier molecular flexibility index (Phi) is 7.26. The molecule has 3 amide bonds. The quantitative estimate of drug-likeness (QED) is 0.301. The summed E-state index contributed by atoms with van der Waals surface area (Å²) in [6.07, 6.45) is -2.13. The summed E-state index contributed by atoms with van der Waals surface area (Å²) in [6, 6.07) is 5.19. The number of anilines is 1. The second kappa shape index (κ2) is 9.60. The van der Waals surface area contributed by atoms with Gasteiger partial charge in [0.25, 0.3) is 5.91 Å². The summed E-state index contributed by atoms with van der Waals surface area (Å²) in [5.41, 5.74) is 5.31. The molecule has 2 aliphatic rings. The van der Waals surface area contributed by atoms with Crippen LogP contribution in [-0.4, -0.2) is 77.7 Å². The second-order valence-corrected chi connectivity index (χ2v) is 9.30. The molecule has 3 rings (SSSR count). The zero-order valence-corrected chi connectivity index (χ0v) is 18.8. The molecule has 2 fully saturated rings. The van der Waals surface area contributed by atoms with Crippen molar-refractivity contribution in [3.05, 3.63) is 29.8 Å². The van der Waals surface area contributed by atoms with Crippen molar-refractivity contribution in [1.82, 2.24) is 10.2 Å². The number of carbonyl (C=O) groups is 3. The van der Waals surface area contributed by atoms with E-state index in [4.69, 9.17) is 39.1 Å². The Hall–Kier alpha value is -2.43. The van der Waals surface area contributed by atoms with Crippen LogP contribution in [0.4, 0.5) is 10.1 Å². The number of likely N-dealkylation sites (tertiary alicyclic amines) is 1. The third-order valence-corrected chi connectivity index (χ3v) is 6.51. The Balaban J connectivity index is 1.68. The zero-order valence-electron chi connectivity index (χ0n) is 17.2. The minimum absolute atomic E-state index is 0.110. The first-order valence-electron chi connectivity index (χ1n) is 9.90. The van der Waals surface area contributed by atoms with E-state index in [2.05, 4.69) is 10.6 Å². The van der Waals surface area contributed by atoms with Gasteiger partial charge >= 0.3 is 0 Å². The number of rotatable bonds is 9. The van der Waals surface area contributed by atoms with Crippen LogP contribution in [0.2, 0.25) is 0 Å². The third-order valence-electron chi connectivity index (χ3n) is 5.59. The number of halogens is 3. The number of para-hydroxylation sites is 1. The van der Waals surface area contributed by atoms with E-state index < -0.39 is 46.1 Å². The van der Waals surface area contributed by atoms with E-state index in [1.54, 1.807) is 18.2 Å². The van der Waals surface area contributed by atoms with Gasteiger partial charge in [-0.25, -0.2) is 4.39 Å². The summed E-state index contributed by atoms with van der Waals surface area (Å²) in [5, 5.41) is 13.3. The Morgan fingerprint density at radius 2 is 2.00 bits per heavy atom. The number of nitrogens with zero attached hydrogens (tertiary/aromatic N) is 1. The lowest BCUT2D eigenvalue weighted by Crippen LogP contribution is -2.52. The van der Waals surface area contributed by atoms with Crippen molar-refractivity contribution >= 4 is 52.3 Å². The van der Waals surface area contributed by atoms with Crippen molar-refractivity contribution < 1.29 is 23.5 Å². The van der Waals surface area contributed by atoms with Gasteiger partial charge in [0.05, 0.1) is 13.1 Å². The molecule has 1 aliphatic heterocycles. The highest BCUT2D eigenvalue weighted by Crippen LogP contribution is 2.52. The monoisotopic (exact) mass is 487 g/mol. The van der Waals surface area contributed by atoms with Crippen LogP contribution in [0.3, 0.4) is 0 Å². The van der Waals surface area contributed by atoms with Crippen LogP contribution in [0.15, 0.2) is 24.3 Å². The first-order valence-corrected chi connectivity index (χ1v) is 10.7. The minimum atomic E-state index is -1.55. The lowest BCUT2D eigenvalue weighted by atomic mass is 10.1. The van der Waals surface area contributed by atoms with Crippen LogP contribution in [-0.2, 0) is 19.1 Å². The Morgan fingerprint density at radius 3 is 2.59 bits per heavy atom. The molecule has 174 valence electrons. The average Bonchev–Trinajstić information content (AvgIpc) is 3.22. The number of ether oxygens (including phenoxy) is 1. The fourth-order valence-electron chi connectivity index (χ4n) is 3.68. The van der Waals surface area contributed by atoms with Gasteiger partial charge in [0.2, 0.25) is 11.8 Å². The van der Waals surface area contributed by atoms with E-state index in [0.29, 0.717) is 12.1 Å². The maximum Gasteiger partial charge on any atom is 0.267 e. The van der Waals surface area contributed by atoms with Crippen molar-refractivity contribution in [2.45, 2.75) is 29.1 Å². The van der Waals surface area contributed by atoms with Gasteiger partial charge in [0.1, 0.15) is 28.4 Å². The molecule has 1 aromatic rings. The summed E-state index contributed by atoms with van der Waals surface area (Å²) >= 11 is 12.0. The maximum atomic E-state index is 14.5. The van der Waals surface area contributed by atoms with E-state index in [-0.39, 0.29) is 31.1 Å². The highest BCUT2D eigenvalue weighted by atomic mass is 35.5. The van der Waals surface area contributed by atoms with Crippen LogP contribution >= 0.6 is 23.2 Å². The molecule has 1 aliphatic carbocycles. The zero-order chi connectivity index (χ0) is 23.6. The van der Waals surface area contributed by atoms with Crippen molar-refractivity contribution in [2.75, 3.05) is 32.1 Å². The molecule has 0 spiro atoms. The van der Waals surface area contributed by atoms with Crippen LogP contribution < -0.4 is 16.4 Å². The summed E-state index contributed by atoms with van der Waals surface area (Å²) in [5.74, 6) is -2.14. The van der Waals surface area contributed by atoms with E-state index in [1.165, 1.54) is 13.2 Å². The van der Waals surface area contributed by atoms with Gasteiger partial charge in [0.15, 0.2) is 0 Å². The Bertz CT molecular complexity index is 931. The van der Waals surface area contributed by atoms with Gasteiger partial charge in [-0.05, 0) is 12.5 Å². The van der Waals surface area contributed by atoms with E-state index in [0.717, 1.165) is 4.90 Å². The molecule has 9 nitrogen and oxygen atoms in total. The van der Waals surface area contributed by atoms with Crippen LogP contribution in [0.5, 0.6) is 0 Å². The van der Waals surface area contributed by atoms with Crippen LogP contribution in [0.25, 0.3) is 0 Å². The molecular formula is C20H24Cl2FN5O4. The highest BCUT2D eigenvalue weighted by Gasteiger charge is 2.53. The molecular weight excluding hydrogens is 464 g/mol. The number of primary amides is 1. The van der Waals surface area contributed by atoms with Gasteiger partial charge in [-0.1, -0.05) is 18.2 Å². The number of amides is 3. The number of methoxy groups -OCH3 is 1. The number of alkyl halides is 3. The maximum absolute atomic E-state index is 14.5. The topological polar surface area (TPSA) is 138 Å². The van der Waals surface area contributed by atoms with E-state index >= 15 is 0 Å². The van der Waals surface area contributed by atoms with Crippen molar-refractivity contribution in [3.8, 4) is 0 Å². The summed E-state index contributed by atoms with van der Waals surface area (Å²) in [7, 11) is 1.28. The van der Waals surface area contributed by atoms with Gasteiger partial charge in [-0.15, -0.1) is 23.2 Å². The standard InChI is InChI=1S/C20H24Cl2FN5O4/c1-32-17-12(23)9-28(16(17)19(31)27-7-10-6-20(10,21)22)14(29)8-26-13-5-3-2-4-11(13)15(24)18(25)30/h2-5,10,12,16-17,24,26H,6-9H2,1H3,(H2,25,30)(H,27,31)/t10-,12+,16+,17-/m1/s1. The lowest BCUT2D eigenvalue weighted by Gasteiger charge is -2.26. The average molecular weight is 488 g/mol. The van der Waals surface area contributed by atoms with Gasteiger partial charge in [-0.2, -0.15) is 0 Å². The van der Waals surface area contributed by atoms with Gasteiger partial charge < -0.3 is 26.0 Å². The fraction of sp³-hybridized carbons (Fsp3) is 0.500. The smallest absolute Gasteiger partial charge is 0.267 e. The summed E-state index contributed by atoms with van der Waals surface area (Å²) in [6.45, 7) is -0.405. The van der Waals surface area contributed by atoms with E-state index in [1.807, 2.05) is 0 Å². The molecule has 0 unspecified atom stereocenters. The molecule has 5 N–H and O–H groups in total. The molecule has 0 radical (unpaired) electrons. The summed E-state index contributed by atoms with van der Waals surface area (Å²) in [4.78, 5) is 38.1. The molecule has 12 heteroatoms. The first-order chi connectivity index (χ1) is 15.1. The van der Waals surface area contributed by atoms with Crippen molar-refractivity contribution in [1.29, 1.82) is 5.41 Å². The normalized spacial score (nSPS) is 25.8. The Labute approximate surface area is 194 Å². The van der Waals surface area contributed by atoms with Gasteiger partial charge in [-0.3, -0.25) is 19.8 Å². The van der Waals surface area contributed by atoms with Gasteiger partial charge in [0, 0.05) is 30.8 Å². The van der Waals surface area contributed by atoms with E-state index in [9.17, 15) is 18.8 Å². The third kappa shape index (κ3) is 5.13. The molecule has 32 heavy (non-hydrogen) atoms. The highest BCUT2D eigenvalue weighted by molar-refractivity contribution is 6.50. The van der Waals surface area contributed by atoms with Crippen LogP contribution in [0, 0.1) is 11.3 Å². The molecule has 0 bridgehead atoms. The first kappa shape index (κ1) is 24.2. The SMILES string of the molecule is CO[C@H]1[C@@H](C(=O)NC[C@H]2CC2(Cl)Cl)N(C(=O)CNc2ccccc2C(=N)C(N)=O)C[C@@H]1F. The molecule has 1 saturated carbocycles. The number of hydrogen-bond donors (Lipinski definition) is 4. The van der Waals surface area contributed by atoms with Crippen molar-refractivity contribution in [2.24, 2.45) is 11.7 Å². The molecule has 1 aromatic carbocycles. The largest absolute Gasteiger partial charge is 0.376 e. The fourth-order valence-corrected chi connectivity index (χ4v) is 4.21. The molecule has 4 atom stereocenters. The molecule has 1 heterocycles. The lowest BCUT2D eigenvalue weighted by molar-refractivity contribution is -0.140. The second-order valence-electron chi connectivity index (χ2n) is 7.75. The predicted octanol–water partition coefficient (Wildman–Crippen LogP) is 0.826. The van der Waals surface area contributed by atoms with Crippen LogP contribution in [0.1, 0.15) is 12.0 Å². The number of benzene rings is 1. The Morgan fingerprint density at radius 1 is 1.34 bits per heavy atom. The van der Waals surface area contributed by atoms with Crippen molar-refractivity contribution in [3.63, 3.8) is 0 Å². The predicted molar refractivity (Wildman–Crippen MR) is 118 cm³/mol. The summed E-state index contributed by atoms with van der Waals surface area (Å²) < 4.78 is 18.8. The number of hydrogen-bond acceptors (Lipinski definition) is 6. The number of nitrogens with one attached hydrogen (secondary N) is 3. The molecule has 0 aromatic heterocycles.